The largest absolute Gasteiger partial charge is 0.490 e. The molecule has 0 radical (unpaired) electrons. The van der Waals surface area contributed by atoms with Crippen molar-refractivity contribution in [1.82, 2.24) is 5.01 Å². The lowest BCUT2D eigenvalue weighted by Crippen LogP contribution is -2.35. The van der Waals surface area contributed by atoms with Crippen molar-refractivity contribution in [1.29, 1.82) is 5.41 Å². The number of hydrogen-bond donors (Lipinski definition) is 1. The predicted octanol–water partition coefficient (Wildman–Crippen LogP) is 6.48. The molecule has 2 heterocycles. The van der Waals surface area contributed by atoms with Gasteiger partial charge in [0, 0.05) is 5.56 Å². The third-order valence-electron chi connectivity index (χ3n) is 6.02. The van der Waals surface area contributed by atoms with Gasteiger partial charge in [0.15, 0.2) is 17.3 Å². The van der Waals surface area contributed by atoms with Crippen LogP contribution in [0.25, 0.3) is 6.08 Å². The Balaban J connectivity index is 1.33. The molecular formula is C30H27ClN4O4S. The number of amides is 1. The van der Waals surface area contributed by atoms with Crippen molar-refractivity contribution in [3.05, 3.63) is 93.5 Å². The third-order valence-corrected chi connectivity index (χ3v) is 7.25. The Labute approximate surface area is 241 Å². The highest BCUT2D eigenvalue weighted by Gasteiger charge is 2.36. The number of nitrogens with one attached hydrogen (secondary N) is 1. The first-order valence-corrected chi connectivity index (χ1v) is 13.9. The zero-order valence-corrected chi connectivity index (χ0v) is 23.8. The van der Waals surface area contributed by atoms with E-state index in [1.165, 1.54) is 16.8 Å². The van der Waals surface area contributed by atoms with Gasteiger partial charge in [0.2, 0.25) is 5.17 Å². The monoisotopic (exact) mass is 574 g/mol. The van der Waals surface area contributed by atoms with Crippen LogP contribution < -0.4 is 14.2 Å². The van der Waals surface area contributed by atoms with E-state index in [4.69, 9.17) is 31.2 Å². The van der Waals surface area contributed by atoms with E-state index in [1.807, 2.05) is 69.3 Å². The molecule has 0 aromatic heterocycles. The number of halogens is 1. The Morgan fingerprint density at radius 2 is 1.65 bits per heavy atom. The predicted molar refractivity (Wildman–Crippen MR) is 160 cm³/mol. The molecule has 2 aliphatic rings. The number of thioether (sulfide) groups is 1. The van der Waals surface area contributed by atoms with E-state index in [1.54, 1.807) is 18.2 Å². The standard InChI is InChI=1S/C30H27ClN4O4S/c1-4-37-25-17-20(16-24(31)26(25)39-14-13-38-22-11-7-19(3)8-12-22)15-23-27(32)35-30(33-28(23)36)40-29(34-35)21-9-5-18(2)6-10-21/h5-12,15-17,32H,4,13-14H2,1-3H3. The Kier molecular flexibility index (Phi) is 8.23. The van der Waals surface area contributed by atoms with Gasteiger partial charge in [0.25, 0.3) is 5.91 Å². The van der Waals surface area contributed by atoms with E-state index >= 15 is 0 Å². The minimum Gasteiger partial charge on any atom is -0.490 e. The number of amidine groups is 2. The molecule has 0 unspecified atom stereocenters. The summed E-state index contributed by atoms with van der Waals surface area (Å²) in [6, 6.07) is 19.0. The summed E-state index contributed by atoms with van der Waals surface area (Å²) in [7, 11) is 0. The van der Waals surface area contributed by atoms with Gasteiger partial charge in [-0.3, -0.25) is 10.2 Å². The second-order valence-corrected chi connectivity index (χ2v) is 10.4. The summed E-state index contributed by atoms with van der Waals surface area (Å²) in [6.07, 6.45) is 1.56. The molecule has 3 aromatic carbocycles. The van der Waals surface area contributed by atoms with Crippen LogP contribution in [-0.2, 0) is 4.79 Å². The second kappa shape index (κ2) is 12.0. The van der Waals surface area contributed by atoms with Crippen molar-refractivity contribution >= 4 is 51.4 Å². The van der Waals surface area contributed by atoms with E-state index in [9.17, 15) is 4.79 Å². The number of hydrogen-bond acceptors (Lipinski definition) is 7. The minimum atomic E-state index is -0.522. The summed E-state index contributed by atoms with van der Waals surface area (Å²) in [4.78, 5) is 17.1. The lowest BCUT2D eigenvalue weighted by Gasteiger charge is -2.20. The summed E-state index contributed by atoms with van der Waals surface area (Å²) in [6.45, 7) is 6.84. The van der Waals surface area contributed by atoms with E-state index in [0.717, 1.165) is 22.4 Å². The van der Waals surface area contributed by atoms with E-state index in [-0.39, 0.29) is 18.0 Å². The first-order chi connectivity index (χ1) is 19.3. The molecule has 8 nitrogen and oxygen atoms in total. The van der Waals surface area contributed by atoms with Crippen molar-refractivity contribution in [2.45, 2.75) is 20.8 Å². The molecule has 0 atom stereocenters. The average molecular weight is 575 g/mol. The molecule has 0 spiro atoms. The topological polar surface area (TPSA) is 96.6 Å². The number of benzene rings is 3. The van der Waals surface area contributed by atoms with Crippen LogP contribution in [0, 0.1) is 19.3 Å². The van der Waals surface area contributed by atoms with Crippen molar-refractivity contribution < 1.29 is 19.0 Å². The Bertz CT molecular complexity index is 1550. The first-order valence-electron chi connectivity index (χ1n) is 12.7. The molecule has 10 heteroatoms. The number of hydrazone groups is 1. The van der Waals surface area contributed by atoms with Gasteiger partial charge in [-0.25, -0.2) is 0 Å². The number of rotatable bonds is 9. The van der Waals surface area contributed by atoms with Crippen molar-refractivity contribution in [2.75, 3.05) is 19.8 Å². The summed E-state index contributed by atoms with van der Waals surface area (Å²) < 4.78 is 17.4. The number of carbonyl (C=O) groups is 1. The summed E-state index contributed by atoms with van der Waals surface area (Å²) >= 11 is 7.84. The van der Waals surface area contributed by atoms with Crippen LogP contribution in [0.2, 0.25) is 5.02 Å². The normalized spacial score (nSPS) is 15.6. The Hall–Kier alpha value is -4.08. The number of fused-ring (bicyclic) bond motifs is 1. The van der Waals surface area contributed by atoms with Crippen molar-refractivity contribution in [3.8, 4) is 17.2 Å². The fourth-order valence-corrected chi connectivity index (χ4v) is 5.15. The fraction of sp³-hybridized carbons (Fsp3) is 0.200. The summed E-state index contributed by atoms with van der Waals surface area (Å²) in [5.41, 5.74) is 3.84. The number of ether oxygens (including phenoxy) is 3. The maximum absolute atomic E-state index is 12.9. The molecule has 204 valence electrons. The number of aryl methyl sites for hydroxylation is 2. The van der Waals surface area contributed by atoms with Crippen LogP contribution in [0.3, 0.4) is 0 Å². The number of carbonyl (C=O) groups excluding carboxylic acids is 1. The Morgan fingerprint density at radius 3 is 2.35 bits per heavy atom. The van der Waals surface area contributed by atoms with Gasteiger partial charge >= 0.3 is 0 Å². The molecule has 1 amide bonds. The van der Waals surface area contributed by atoms with Gasteiger partial charge in [-0.2, -0.15) is 15.1 Å². The lowest BCUT2D eigenvalue weighted by atomic mass is 10.1. The van der Waals surface area contributed by atoms with Gasteiger partial charge < -0.3 is 14.2 Å². The van der Waals surface area contributed by atoms with Crippen LogP contribution in [0.1, 0.15) is 29.2 Å². The maximum Gasteiger partial charge on any atom is 0.283 e. The molecule has 40 heavy (non-hydrogen) atoms. The molecule has 2 aliphatic heterocycles. The van der Waals surface area contributed by atoms with Crippen LogP contribution >= 0.6 is 23.4 Å². The number of aliphatic imine (C=N–C) groups is 1. The molecule has 0 fully saturated rings. The van der Waals surface area contributed by atoms with Crippen LogP contribution in [-0.4, -0.2) is 46.8 Å². The van der Waals surface area contributed by atoms with Gasteiger partial charge in [0.1, 0.15) is 24.0 Å². The van der Waals surface area contributed by atoms with Crippen LogP contribution in [0.5, 0.6) is 17.2 Å². The Morgan fingerprint density at radius 1 is 0.975 bits per heavy atom. The molecule has 3 aromatic rings. The zero-order valence-electron chi connectivity index (χ0n) is 22.2. The maximum atomic E-state index is 12.9. The number of nitrogens with zero attached hydrogens (tertiary/aromatic N) is 3. The van der Waals surface area contributed by atoms with Crippen molar-refractivity contribution in [2.24, 2.45) is 10.1 Å². The van der Waals surface area contributed by atoms with E-state index < -0.39 is 5.91 Å². The van der Waals surface area contributed by atoms with Crippen LogP contribution in [0.15, 0.2) is 76.3 Å². The zero-order chi connectivity index (χ0) is 28.2. The quantitative estimate of drug-likeness (QED) is 0.232. The fourth-order valence-electron chi connectivity index (χ4n) is 3.98. The molecular weight excluding hydrogens is 548 g/mol. The van der Waals surface area contributed by atoms with E-state index in [0.29, 0.717) is 45.5 Å². The highest BCUT2D eigenvalue weighted by atomic mass is 35.5. The third kappa shape index (κ3) is 6.05. The van der Waals surface area contributed by atoms with Gasteiger partial charge in [-0.15, -0.1) is 0 Å². The average Bonchev–Trinajstić information content (AvgIpc) is 3.36. The SMILES string of the molecule is CCOc1cc(C=C2C(=N)N3N=C(c4ccc(C)cc4)SC3=NC2=O)cc(Cl)c1OCCOc1ccc(C)cc1. The minimum absolute atomic E-state index is 0.0627. The molecule has 0 bridgehead atoms. The molecule has 1 N–H and O–H groups in total. The highest BCUT2D eigenvalue weighted by Crippen LogP contribution is 2.38. The van der Waals surface area contributed by atoms with Gasteiger partial charge in [0.05, 0.1) is 17.2 Å². The van der Waals surface area contributed by atoms with Gasteiger partial charge in [-0.1, -0.05) is 59.1 Å². The second-order valence-electron chi connectivity index (χ2n) is 9.06. The molecule has 0 aliphatic carbocycles. The van der Waals surface area contributed by atoms with E-state index in [2.05, 4.69) is 10.1 Å². The first kappa shape index (κ1) is 27.5. The molecule has 5 rings (SSSR count). The summed E-state index contributed by atoms with van der Waals surface area (Å²) in [5, 5.41) is 16.0. The lowest BCUT2D eigenvalue weighted by molar-refractivity contribution is -0.114. The van der Waals surface area contributed by atoms with Crippen LogP contribution in [0.4, 0.5) is 0 Å². The molecule has 0 saturated carbocycles. The van der Waals surface area contributed by atoms with Crippen molar-refractivity contribution in [3.63, 3.8) is 0 Å². The van der Waals surface area contributed by atoms with Gasteiger partial charge in [-0.05, 0) is 68.4 Å². The summed E-state index contributed by atoms with van der Waals surface area (Å²) in [5.74, 6) is 0.975. The smallest absolute Gasteiger partial charge is 0.283 e. The highest BCUT2D eigenvalue weighted by molar-refractivity contribution is 8.27. The molecule has 0 saturated heterocycles.